The zero-order valence-electron chi connectivity index (χ0n) is 14.1. The second-order valence-corrected chi connectivity index (χ2v) is 6.61. The van der Waals surface area contributed by atoms with Crippen molar-refractivity contribution in [2.24, 2.45) is 5.92 Å². The summed E-state index contributed by atoms with van der Waals surface area (Å²) in [6.07, 6.45) is -0.00333. The Kier molecular flexibility index (Phi) is 4.76. The highest BCUT2D eigenvalue weighted by atomic mass is 35.5. The van der Waals surface area contributed by atoms with E-state index in [0.29, 0.717) is 30.4 Å². The van der Waals surface area contributed by atoms with Gasteiger partial charge >= 0.3 is 0 Å². The Bertz CT molecular complexity index is 740. The molecule has 1 aromatic heterocycles. The lowest BCUT2D eigenvalue weighted by atomic mass is 10.1. The van der Waals surface area contributed by atoms with Crippen LogP contribution in [0.5, 0.6) is 5.75 Å². The number of hydrogen-bond acceptors (Lipinski definition) is 4. The van der Waals surface area contributed by atoms with E-state index in [4.69, 9.17) is 16.3 Å². The van der Waals surface area contributed by atoms with Crippen molar-refractivity contribution in [3.8, 4) is 5.75 Å². The van der Waals surface area contributed by atoms with Crippen LogP contribution in [0.3, 0.4) is 0 Å². The molecule has 1 fully saturated rings. The van der Waals surface area contributed by atoms with E-state index >= 15 is 0 Å². The molecule has 0 aliphatic carbocycles. The summed E-state index contributed by atoms with van der Waals surface area (Å²) in [6, 6.07) is 7.38. The molecule has 6 nitrogen and oxygen atoms in total. The molecule has 2 aromatic rings. The monoisotopic (exact) mass is 348 g/mol. The van der Waals surface area contributed by atoms with Crippen LogP contribution in [0.1, 0.15) is 18.6 Å². The minimum Gasteiger partial charge on any atom is -0.485 e. The van der Waals surface area contributed by atoms with E-state index in [1.807, 2.05) is 43.9 Å². The third-order valence-corrected chi connectivity index (χ3v) is 4.43. The third kappa shape index (κ3) is 3.53. The number of hydrogen-bond donors (Lipinski definition) is 0. The molecular weight excluding hydrogens is 328 g/mol. The lowest BCUT2D eigenvalue weighted by Crippen LogP contribution is -2.57. The predicted octanol–water partition coefficient (Wildman–Crippen LogP) is 2.47. The number of nitrogens with zero attached hydrogens (tertiary/aromatic N) is 4. The fourth-order valence-corrected chi connectivity index (χ4v) is 2.98. The Balaban J connectivity index is 1.51. The van der Waals surface area contributed by atoms with Crippen molar-refractivity contribution in [2.75, 3.05) is 13.1 Å². The third-order valence-electron chi connectivity index (χ3n) is 4.12. The summed E-state index contributed by atoms with van der Waals surface area (Å²) in [5, 5.41) is 4.90. The molecule has 1 saturated heterocycles. The molecule has 1 unspecified atom stereocenters. The summed E-state index contributed by atoms with van der Waals surface area (Å²) in [7, 11) is 0. The Labute approximate surface area is 146 Å². The van der Waals surface area contributed by atoms with E-state index in [2.05, 4.69) is 10.1 Å². The van der Waals surface area contributed by atoms with Gasteiger partial charge in [0.25, 0.3) is 0 Å². The van der Waals surface area contributed by atoms with Gasteiger partial charge in [-0.05, 0) is 26.0 Å². The number of rotatable bonds is 5. The number of aromatic nitrogens is 3. The van der Waals surface area contributed by atoms with Crippen LogP contribution in [-0.4, -0.2) is 44.8 Å². The Morgan fingerprint density at radius 3 is 2.71 bits per heavy atom. The SMILES string of the molecule is Cc1nc(C)n(CC(C)C(=O)N2CC(Oc3ccccc3Cl)C2)n1. The van der Waals surface area contributed by atoms with Gasteiger partial charge in [-0.15, -0.1) is 0 Å². The van der Waals surface area contributed by atoms with Gasteiger partial charge in [-0.25, -0.2) is 9.67 Å². The maximum absolute atomic E-state index is 12.5. The zero-order chi connectivity index (χ0) is 17.3. The number of benzene rings is 1. The van der Waals surface area contributed by atoms with Crippen molar-refractivity contribution in [3.05, 3.63) is 40.9 Å². The number of ether oxygens (including phenoxy) is 1. The molecule has 128 valence electrons. The number of para-hydroxylation sites is 1. The van der Waals surface area contributed by atoms with Gasteiger partial charge in [0.2, 0.25) is 5.91 Å². The minimum absolute atomic E-state index is 0.00333. The zero-order valence-corrected chi connectivity index (χ0v) is 14.8. The Hall–Kier alpha value is -2.08. The van der Waals surface area contributed by atoms with Gasteiger partial charge in [0, 0.05) is 0 Å². The summed E-state index contributed by atoms with van der Waals surface area (Å²) in [5.74, 6) is 2.19. The topological polar surface area (TPSA) is 60.2 Å². The molecule has 1 atom stereocenters. The van der Waals surface area contributed by atoms with Crippen LogP contribution in [0.25, 0.3) is 0 Å². The summed E-state index contributed by atoms with van der Waals surface area (Å²) in [6.45, 7) is 7.38. The lowest BCUT2D eigenvalue weighted by molar-refractivity contribution is -0.144. The number of likely N-dealkylation sites (tertiary alicyclic amines) is 1. The van der Waals surface area contributed by atoms with Crippen LogP contribution < -0.4 is 4.74 Å². The van der Waals surface area contributed by atoms with Crippen molar-refractivity contribution in [1.82, 2.24) is 19.7 Å². The largest absolute Gasteiger partial charge is 0.485 e. The van der Waals surface area contributed by atoms with Crippen LogP contribution in [0.4, 0.5) is 0 Å². The standard InChI is InChI=1S/C17H21ClN4O2/c1-11(8-22-13(3)19-12(2)20-22)17(23)21-9-14(10-21)24-16-7-5-4-6-15(16)18/h4-7,11,14H,8-10H2,1-3H3. The van der Waals surface area contributed by atoms with Crippen LogP contribution in [-0.2, 0) is 11.3 Å². The molecule has 0 bridgehead atoms. The molecule has 0 radical (unpaired) electrons. The van der Waals surface area contributed by atoms with Gasteiger partial charge < -0.3 is 9.64 Å². The van der Waals surface area contributed by atoms with Gasteiger partial charge in [-0.2, -0.15) is 5.10 Å². The quantitative estimate of drug-likeness (QED) is 0.832. The van der Waals surface area contributed by atoms with Gasteiger partial charge in [-0.1, -0.05) is 30.7 Å². The molecule has 1 aliphatic heterocycles. The molecule has 2 heterocycles. The highest BCUT2D eigenvalue weighted by molar-refractivity contribution is 6.32. The van der Waals surface area contributed by atoms with E-state index in [-0.39, 0.29) is 17.9 Å². The van der Waals surface area contributed by atoms with Gasteiger partial charge in [-0.3, -0.25) is 4.79 Å². The summed E-state index contributed by atoms with van der Waals surface area (Å²) >= 11 is 6.08. The number of halogens is 1. The average Bonchev–Trinajstić information content (AvgIpc) is 2.81. The number of aryl methyl sites for hydroxylation is 2. The van der Waals surface area contributed by atoms with Crippen molar-refractivity contribution in [3.63, 3.8) is 0 Å². The van der Waals surface area contributed by atoms with E-state index in [1.165, 1.54) is 0 Å². The second kappa shape index (κ2) is 6.81. The lowest BCUT2D eigenvalue weighted by Gasteiger charge is -2.40. The van der Waals surface area contributed by atoms with E-state index in [9.17, 15) is 4.79 Å². The molecule has 3 rings (SSSR count). The fourth-order valence-electron chi connectivity index (χ4n) is 2.80. The van der Waals surface area contributed by atoms with E-state index in [1.54, 1.807) is 10.7 Å². The number of carbonyl (C=O) groups excluding carboxylic acids is 1. The maximum Gasteiger partial charge on any atom is 0.227 e. The molecule has 24 heavy (non-hydrogen) atoms. The molecule has 0 saturated carbocycles. The van der Waals surface area contributed by atoms with Crippen molar-refractivity contribution in [2.45, 2.75) is 33.4 Å². The first-order valence-electron chi connectivity index (χ1n) is 8.02. The van der Waals surface area contributed by atoms with Gasteiger partial charge in [0.1, 0.15) is 23.5 Å². The van der Waals surface area contributed by atoms with Gasteiger partial charge in [0.05, 0.1) is 30.6 Å². The number of carbonyl (C=O) groups is 1. The first-order valence-corrected chi connectivity index (χ1v) is 8.40. The Morgan fingerprint density at radius 2 is 2.08 bits per heavy atom. The van der Waals surface area contributed by atoms with Gasteiger partial charge in [0.15, 0.2) is 0 Å². The highest BCUT2D eigenvalue weighted by Crippen LogP contribution is 2.27. The van der Waals surface area contributed by atoms with E-state index in [0.717, 1.165) is 11.6 Å². The van der Waals surface area contributed by atoms with Crippen LogP contribution in [0, 0.1) is 19.8 Å². The molecule has 1 aromatic carbocycles. The number of amides is 1. The first-order chi connectivity index (χ1) is 11.4. The molecule has 1 aliphatic rings. The second-order valence-electron chi connectivity index (χ2n) is 6.20. The molecule has 7 heteroatoms. The van der Waals surface area contributed by atoms with Crippen molar-refractivity contribution in [1.29, 1.82) is 0 Å². The minimum atomic E-state index is -0.147. The summed E-state index contributed by atoms with van der Waals surface area (Å²) < 4.78 is 7.62. The predicted molar refractivity (Wildman–Crippen MR) is 91.1 cm³/mol. The summed E-state index contributed by atoms with van der Waals surface area (Å²) in [5.41, 5.74) is 0. The van der Waals surface area contributed by atoms with Crippen LogP contribution in [0.2, 0.25) is 5.02 Å². The molecule has 0 N–H and O–H groups in total. The smallest absolute Gasteiger partial charge is 0.227 e. The molecule has 1 amide bonds. The van der Waals surface area contributed by atoms with Crippen molar-refractivity contribution < 1.29 is 9.53 Å². The fraction of sp³-hybridized carbons (Fsp3) is 0.471. The normalized spacial score (nSPS) is 15.9. The van der Waals surface area contributed by atoms with E-state index < -0.39 is 0 Å². The molecule has 0 spiro atoms. The first kappa shape index (κ1) is 16.8. The molecular formula is C17H21ClN4O2. The Morgan fingerprint density at radius 1 is 1.38 bits per heavy atom. The van der Waals surface area contributed by atoms with Crippen LogP contribution >= 0.6 is 11.6 Å². The average molecular weight is 349 g/mol. The van der Waals surface area contributed by atoms with Crippen molar-refractivity contribution >= 4 is 17.5 Å². The summed E-state index contributed by atoms with van der Waals surface area (Å²) in [4.78, 5) is 18.6. The highest BCUT2D eigenvalue weighted by Gasteiger charge is 2.34. The maximum atomic E-state index is 12.5. The van der Waals surface area contributed by atoms with Crippen LogP contribution in [0.15, 0.2) is 24.3 Å².